The van der Waals surface area contributed by atoms with Gasteiger partial charge in [-0.05, 0) is 70.6 Å². The van der Waals surface area contributed by atoms with Crippen LogP contribution in [0.25, 0.3) is 0 Å². The van der Waals surface area contributed by atoms with Crippen LogP contribution >= 0.6 is 7.82 Å². The molecule has 9 nitrogen and oxygen atoms in total. The van der Waals surface area contributed by atoms with Crippen molar-refractivity contribution in [3.8, 4) is 0 Å². The van der Waals surface area contributed by atoms with E-state index >= 15 is 0 Å². The molecule has 2 atom stereocenters. The molecular weight excluding hydrogens is 1040 g/mol. The Morgan fingerprint density at radius 2 is 0.671 bits per heavy atom. The van der Waals surface area contributed by atoms with Gasteiger partial charge in [0.2, 0.25) is 0 Å². The highest BCUT2D eigenvalue weighted by Gasteiger charge is 2.26. The number of hydrogen-bond acceptors (Lipinski definition) is 8. The third kappa shape index (κ3) is 66.3. The van der Waals surface area contributed by atoms with Crippen molar-refractivity contribution in [2.75, 3.05) is 26.4 Å². The largest absolute Gasteiger partial charge is 0.472 e. The minimum atomic E-state index is -4.39. The summed E-state index contributed by atoms with van der Waals surface area (Å²) in [6.45, 7) is 3.68. The first-order valence-corrected chi connectivity index (χ1v) is 36.1. The van der Waals surface area contributed by atoms with Crippen LogP contribution in [0, 0.1) is 0 Å². The molecule has 0 aliphatic carbocycles. The Labute approximate surface area is 506 Å². The van der Waals surface area contributed by atoms with Gasteiger partial charge >= 0.3 is 19.8 Å². The van der Waals surface area contributed by atoms with Crippen LogP contribution in [0.1, 0.15) is 328 Å². The van der Waals surface area contributed by atoms with Crippen LogP contribution in [0.15, 0.2) is 85.1 Å². The van der Waals surface area contributed by atoms with E-state index in [2.05, 4.69) is 98.9 Å². The van der Waals surface area contributed by atoms with Crippen molar-refractivity contribution in [1.82, 2.24) is 0 Å². The fraction of sp³-hybridized carbons (Fsp3) is 0.778. The van der Waals surface area contributed by atoms with Crippen molar-refractivity contribution in [1.29, 1.82) is 0 Å². The molecule has 0 aromatic heterocycles. The van der Waals surface area contributed by atoms with Crippen molar-refractivity contribution >= 4 is 19.8 Å². The average molecular weight is 1170 g/mol. The Morgan fingerprint density at radius 3 is 1.00 bits per heavy atom. The molecule has 0 bridgehead atoms. The zero-order valence-electron chi connectivity index (χ0n) is 53.5. The van der Waals surface area contributed by atoms with Gasteiger partial charge in [-0.3, -0.25) is 18.6 Å². The predicted molar refractivity (Wildman–Crippen MR) is 353 cm³/mol. The van der Waals surface area contributed by atoms with Crippen LogP contribution in [0.4, 0.5) is 0 Å². The van der Waals surface area contributed by atoms with Gasteiger partial charge in [0.1, 0.15) is 6.61 Å². The van der Waals surface area contributed by atoms with Crippen molar-refractivity contribution in [2.24, 2.45) is 5.73 Å². The van der Waals surface area contributed by atoms with Crippen LogP contribution in [0.5, 0.6) is 0 Å². The number of nitrogens with two attached hydrogens (primary N) is 1. The van der Waals surface area contributed by atoms with Gasteiger partial charge in [-0.2, -0.15) is 0 Å². The molecule has 0 saturated heterocycles. The van der Waals surface area contributed by atoms with Crippen LogP contribution in [-0.4, -0.2) is 49.3 Å². The van der Waals surface area contributed by atoms with Crippen LogP contribution < -0.4 is 5.73 Å². The van der Waals surface area contributed by atoms with E-state index in [1.165, 1.54) is 212 Å². The smallest absolute Gasteiger partial charge is 0.462 e. The van der Waals surface area contributed by atoms with Gasteiger partial charge in [0, 0.05) is 19.4 Å². The van der Waals surface area contributed by atoms with E-state index in [1.54, 1.807) is 0 Å². The summed E-state index contributed by atoms with van der Waals surface area (Å²) in [4.78, 5) is 35.3. The first-order chi connectivity index (χ1) is 40.3. The summed E-state index contributed by atoms with van der Waals surface area (Å²) in [7, 11) is -4.39. The van der Waals surface area contributed by atoms with Crippen molar-refractivity contribution in [3.05, 3.63) is 85.1 Å². The number of rotatable bonds is 65. The minimum absolute atomic E-state index is 0.0531. The molecule has 0 aliphatic heterocycles. The van der Waals surface area contributed by atoms with E-state index in [9.17, 15) is 19.0 Å². The Kier molecular flexibility index (Phi) is 65.0. The first kappa shape index (κ1) is 79.2. The number of ether oxygens (including phenoxy) is 2. The molecule has 476 valence electrons. The zero-order chi connectivity index (χ0) is 59.4. The van der Waals surface area contributed by atoms with Crippen LogP contribution in [0.3, 0.4) is 0 Å². The zero-order valence-corrected chi connectivity index (χ0v) is 54.4. The Balaban J connectivity index is 3.87. The summed E-state index contributed by atoms with van der Waals surface area (Å²) < 4.78 is 33.2. The lowest BCUT2D eigenvalue weighted by atomic mass is 10.0. The molecule has 82 heavy (non-hydrogen) atoms. The van der Waals surface area contributed by atoms with E-state index in [1.807, 2.05) is 0 Å². The molecule has 0 aromatic rings. The normalized spacial score (nSPS) is 13.5. The third-order valence-corrected chi connectivity index (χ3v) is 16.0. The second-order valence-corrected chi connectivity index (χ2v) is 24.5. The molecule has 3 N–H and O–H groups in total. The fourth-order valence-corrected chi connectivity index (χ4v) is 10.7. The summed E-state index contributed by atoms with van der Waals surface area (Å²) in [6, 6.07) is 0. The molecule has 10 heteroatoms. The van der Waals surface area contributed by atoms with Crippen molar-refractivity contribution < 1.29 is 37.6 Å². The summed E-state index contributed by atoms with van der Waals surface area (Å²) in [5.74, 6) is -0.813. The van der Waals surface area contributed by atoms with E-state index in [0.717, 1.165) is 83.5 Å². The van der Waals surface area contributed by atoms with E-state index in [0.29, 0.717) is 6.42 Å². The number of phosphoric ester groups is 1. The van der Waals surface area contributed by atoms with E-state index < -0.39 is 26.5 Å². The second-order valence-electron chi connectivity index (χ2n) is 23.0. The van der Waals surface area contributed by atoms with E-state index in [4.69, 9.17) is 24.3 Å². The number of carbonyl (C=O) groups excluding carboxylic acids is 2. The topological polar surface area (TPSA) is 134 Å². The predicted octanol–water partition coefficient (Wildman–Crippen LogP) is 22.6. The standard InChI is InChI=1S/C72H130NO8P/c1-3-5-7-9-11-13-15-17-19-21-23-25-27-29-30-31-32-33-34-35-36-37-38-39-40-41-43-45-47-49-51-53-55-57-59-61-63-65-72(75)81-70(69-80-82(76,77)79-67-66-73)68-78-71(74)64-62-60-58-56-54-52-50-48-46-44-42-28-26-24-22-20-18-16-14-12-10-8-6-4-2/h5,7,11,13,17,19,23,25,29-30,32-33,35-36,70H,3-4,6,8-10,12,14-16,18,20-22,24,26-28,31,34,37-69,73H2,1-2H3,(H,76,77)/b7-5-,13-11-,19-17-,25-23-,30-29-,33-32-,36-35-. The molecule has 0 aromatic carbocycles. The lowest BCUT2D eigenvalue weighted by Crippen LogP contribution is -2.29. The summed E-state index contributed by atoms with van der Waals surface area (Å²) in [5.41, 5.74) is 5.40. The van der Waals surface area contributed by atoms with Crippen LogP contribution in [-0.2, 0) is 32.7 Å². The molecule has 0 heterocycles. The molecule has 2 unspecified atom stereocenters. The number of hydrogen-bond donors (Lipinski definition) is 2. The maximum absolute atomic E-state index is 12.8. The van der Waals surface area contributed by atoms with Gasteiger partial charge in [-0.25, -0.2) is 4.57 Å². The van der Waals surface area contributed by atoms with Crippen molar-refractivity contribution in [2.45, 2.75) is 335 Å². The number of allylic oxidation sites excluding steroid dienone is 14. The Morgan fingerprint density at radius 1 is 0.378 bits per heavy atom. The average Bonchev–Trinajstić information content (AvgIpc) is 3.48. The highest BCUT2D eigenvalue weighted by atomic mass is 31.2. The number of carbonyl (C=O) groups is 2. The maximum atomic E-state index is 12.8. The molecular formula is C72H130NO8P. The Hall–Kier alpha value is -2.81. The summed E-state index contributed by atoms with van der Waals surface area (Å²) in [5, 5.41) is 0. The molecule has 0 radical (unpaired) electrons. The monoisotopic (exact) mass is 1170 g/mol. The van der Waals surface area contributed by atoms with Gasteiger partial charge in [0.25, 0.3) is 0 Å². The molecule has 0 rings (SSSR count). The van der Waals surface area contributed by atoms with Gasteiger partial charge in [0.05, 0.1) is 13.2 Å². The first-order valence-electron chi connectivity index (χ1n) is 34.6. The number of unbranched alkanes of at least 4 members (excludes halogenated alkanes) is 38. The number of esters is 2. The highest BCUT2D eigenvalue weighted by Crippen LogP contribution is 2.43. The van der Waals surface area contributed by atoms with Gasteiger partial charge in [-0.1, -0.05) is 330 Å². The molecule has 0 spiro atoms. The highest BCUT2D eigenvalue weighted by molar-refractivity contribution is 7.47. The maximum Gasteiger partial charge on any atom is 0.472 e. The lowest BCUT2D eigenvalue weighted by Gasteiger charge is -2.19. The fourth-order valence-electron chi connectivity index (χ4n) is 9.97. The molecule has 0 aliphatic rings. The van der Waals surface area contributed by atoms with Crippen molar-refractivity contribution in [3.63, 3.8) is 0 Å². The third-order valence-electron chi connectivity index (χ3n) is 15.0. The summed E-state index contributed by atoms with van der Waals surface area (Å²) in [6.07, 6.45) is 89.6. The van der Waals surface area contributed by atoms with Gasteiger partial charge in [-0.15, -0.1) is 0 Å². The summed E-state index contributed by atoms with van der Waals surface area (Å²) >= 11 is 0. The second kappa shape index (κ2) is 67.3. The lowest BCUT2D eigenvalue weighted by molar-refractivity contribution is -0.161. The quantitative estimate of drug-likeness (QED) is 0.0264. The van der Waals surface area contributed by atoms with Gasteiger partial charge in [0.15, 0.2) is 6.10 Å². The molecule has 0 fully saturated rings. The van der Waals surface area contributed by atoms with Crippen LogP contribution in [0.2, 0.25) is 0 Å². The van der Waals surface area contributed by atoms with E-state index in [-0.39, 0.29) is 38.6 Å². The Bertz CT molecular complexity index is 1620. The minimum Gasteiger partial charge on any atom is -0.462 e. The van der Waals surface area contributed by atoms with Gasteiger partial charge < -0.3 is 20.1 Å². The molecule has 0 saturated carbocycles. The SMILES string of the molecule is CC/C=C\C/C=C\C/C=C\C/C=C\C/C=C\C/C=C\C/C=C\CCCCCCCCCCCCCCCCCC(=O)OC(COC(=O)CCCCCCCCCCCCCCCCCCCCCCCCCC)COP(=O)(O)OCCN. The number of phosphoric acid groups is 1. The molecule has 0 amide bonds.